The van der Waals surface area contributed by atoms with Gasteiger partial charge in [0.05, 0.1) is 30.2 Å². The van der Waals surface area contributed by atoms with Gasteiger partial charge in [-0.3, -0.25) is 4.98 Å². The molecule has 0 spiro atoms. The third-order valence-electron chi connectivity index (χ3n) is 5.28. The maximum absolute atomic E-state index is 14.8. The maximum Gasteiger partial charge on any atom is 0.174 e. The van der Waals surface area contributed by atoms with E-state index in [1.165, 1.54) is 6.07 Å². The number of nitrogens with zero attached hydrogens (tertiary/aromatic N) is 3. The molecule has 0 bridgehead atoms. The number of furan rings is 1. The van der Waals surface area contributed by atoms with Crippen LogP contribution in [0, 0.1) is 5.82 Å². The van der Waals surface area contributed by atoms with E-state index in [9.17, 15) is 4.39 Å². The molecule has 1 fully saturated rings. The van der Waals surface area contributed by atoms with Gasteiger partial charge in [0.25, 0.3) is 0 Å². The molecule has 1 aliphatic heterocycles. The van der Waals surface area contributed by atoms with Crippen LogP contribution in [0.4, 0.5) is 10.1 Å². The number of thiocarbonyl (C=S) groups is 1. The Bertz CT molecular complexity index is 1160. The summed E-state index contributed by atoms with van der Waals surface area (Å²) in [5.74, 6) is 0.519. The summed E-state index contributed by atoms with van der Waals surface area (Å²) in [6.45, 7) is 0.568. The minimum Gasteiger partial charge on any atom is -0.467 e. The van der Waals surface area contributed by atoms with E-state index in [4.69, 9.17) is 16.6 Å². The third-order valence-corrected chi connectivity index (χ3v) is 5.60. The van der Waals surface area contributed by atoms with Crippen LogP contribution in [0.5, 0.6) is 0 Å². The number of rotatable bonds is 5. The van der Waals surface area contributed by atoms with E-state index >= 15 is 0 Å². The number of halogens is 1. The number of hydrogen-bond acceptors (Lipinski definition) is 3. The molecule has 3 aromatic heterocycles. The summed E-state index contributed by atoms with van der Waals surface area (Å²) < 4.78 is 22.4. The van der Waals surface area contributed by atoms with Crippen LogP contribution in [0.15, 0.2) is 89.8 Å². The average molecular weight is 418 g/mol. The first-order chi connectivity index (χ1) is 14.7. The Hall–Kier alpha value is -3.45. The van der Waals surface area contributed by atoms with Crippen LogP contribution in [0.3, 0.4) is 0 Å². The molecule has 5 rings (SSSR count). The SMILES string of the molecule is Fc1ccccc1N1C(=S)N[C@H](c2ccccn2)[C@H]1c1cccn1Cc1ccco1. The van der Waals surface area contributed by atoms with E-state index < -0.39 is 0 Å². The highest BCUT2D eigenvalue weighted by atomic mass is 32.1. The van der Waals surface area contributed by atoms with Crippen LogP contribution in [-0.4, -0.2) is 14.7 Å². The van der Waals surface area contributed by atoms with Gasteiger partial charge < -0.3 is 19.2 Å². The van der Waals surface area contributed by atoms with Crippen molar-refractivity contribution < 1.29 is 8.81 Å². The van der Waals surface area contributed by atoms with Crippen molar-refractivity contribution in [3.8, 4) is 0 Å². The molecule has 1 aromatic carbocycles. The predicted molar refractivity (Wildman–Crippen MR) is 117 cm³/mol. The molecular weight excluding hydrogens is 399 g/mol. The van der Waals surface area contributed by atoms with Crippen molar-refractivity contribution >= 4 is 23.0 Å². The van der Waals surface area contributed by atoms with Gasteiger partial charge in [-0.25, -0.2) is 4.39 Å². The number of benzene rings is 1. The fourth-order valence-corrected chi connectivity index (χ4v) is 4.31. The van der Waals surface area contributed by atoms with Crippen molar-refractivity contribution in [2.75, 3.05) is 4.90 Å². The van der Waals surface area contributed by atoms with Gasteiger partial charge in [0.2, 0.25) is 0 Å². The van der Waals surface area contributed by atoms with Gasteiger partial charge in [-0.05, 0) is 60.7 Å². The Balaban J connectivity index is 1.63. The lowest BCUT2D eigenvalue weighted by Gasteiger charge is -2.29. The van der Waals surface area contributed by atoms with Crippen LogP contribution in [-0.2, 0) is 6.54 Å². The molecular formula is C23H19FN4OS. The first kappa shape index (κ1) is 18.6. The van der Waals surface area contributed by atoms with Crippen molar-refractivity contribution in [2.24, 2.45) is 0 Å². The van der Waals surface area contributed by atoms with Crippen LogP contribution >= 0.6 is 12.2 Å². The van der Waals surface area contributed by atoms with Crippen LogP contribution in [0.25, 0.3) is 0 Å². The highest BCUT2D eigenvalue weighted by Gasteiger charge is 2.42. The summed E-state index contributed by atoms with van der Waals surface area (Å²) in [4.78, 5) is 6.39. The Morgan fingerprint density at radius 3 is 2.67 bits per heavy atom. The second-order valence-electron chi connectivity index (χ2n) is 7.09. The van der Waals surface area contributed by atoms with E-state index in [1.54, 1.807) is 24.6 Å². The lowest BCUT2D eigenvalue weighted by molar-refractivity contribution is 0.474. The third kappa shape index (κ3) is 3.27. The second kappa shape index (κ2) is 7.76. The molecule has 7 heteroatoms. The molecule has 4 aromatic rings. The van der Waals surface area contributed by atoms with Crippen LogP contribution in [0.1, 0.15) is 29.2 Å². The van der Waals surface area contributed by atoms with Crippen molar-refractivity contribution in [3.05, 3.63) is 108 Å². The Labute approximate surface area is 178 Å². The minimum absolute atomic E-state index is 0.233. The highest BCUT2D eigenvalue weighted by Crippen LogP contribution is 2.42. The molecule has 4 heterocycles. The summed E-state index contributed by atoms with van der Waals surface area (Å²) in [6.07, 6.45) is 5.41. The number of pyridine rings is 1. The molecule has 1 aliphatic rings. The quantitative estimate of drug-likeness (QED) is 0.470. The van der Waals surface area contributed by atoms with Gasteiger partial charge in [0.1, 0.15) is 17.6 Å². The van der Waals surface area contributed by atoms with Crippen molar-refractivity contribution in [1.82, 2.24) is 14.9 Å². The van der Waals surface area contributed by atoms with Crippen LogP contribution in [0.2, 0.25) is 0 Å². The molecule has 2 atom stereocenters. The van der Waals surface area contributed by atoms with E-state index in [0.29, 0.717) is 17.3 Å². The van der Waals surface area contributed by atoms with Gasteiger partial charge in [0, 0.05) is 18.1 Å². The fourth-order valence-electron chi connectivity index (χ4n) is 3.97. The average Bonchev–Trinajstić information content (AvgIpc) is 3.50. The predicted octanol–water partition coefficient (Wildman–Crippen LogP) is 4.84. The minimum atomic E-state index is -0.322. The first-order valence-electron chi connectivity index (χ1n) is 9.65. The lowest BCUT2D eigenvalue weighted by atomic mass is 10.0. The standard InChI is InChI=1S/C23H19FN4OS/c24-17-8-1-2-10-19(17)28-22(21(26-23(28)30)18-9-3-4-12-25-18)20-11-5-13-27(20)15-16-7-6-14-29-16/h1-14,21-22H,15H2,(H,26,30)/t21-,22-/m1/s1. The van der Waals surface area contributed by atoms with Crippen molar-refractivity contribution in [2.45, 2.75) is 18.6 Å². The molecule has 0 amide bonds. The second-order valence-corrected chi connectivity index (χ2v) is 7.48. The van der Waals surface area contributed by atoms with E-state index in [1.807, 2.05) is 59.6 Å². The molecule has 150 valence electrons. The number of anilines is 1. The van der Waals surface area contributed by atoms with Crippen molar-refractivity contribution in [3.63, 3.8) is 0 Å². The van der Waals surface area contributed by atoms with Crippen LogP contribution < -0.4 is 10.2 Å². The number of nitrogens with one attached hydrogen (secondary N) is 1. The molecule has 0 radical (unpaired) electrons. The van der Waals surface area contributed by atoms with E-state index in [2.05, 4.69) is 14.9 Å². The Morgan fingerprint density at radius 2 is 1.90 bits per heavy atom. The summed E-state index contributed by atoms with van der Waals surface area (Å²) >= 11 is 5.66. The first-order valence-corrected chi connectivity index (χ1v) is 10.1. The summed E-state index contributed by atoms with van der Waals surface area (Å²) in [5.41, 5.74) is 2.26. The molecule has 0 saturated carbocycles. The Kier molecular flexibility index (Phi) is 4.80. The van der Waals surface area contributed by atoms with E-state index in [0.717, 1.165) is 17.1 Å². The zero-order valence-electron chi connectivity index (χ0n) is 16.0. The number of para-hydroxylation sites is 1. The topological polar surface area (TPSA) is 46.2 Å². The zero-order chi connectivity index (χ0) is 20.5. The normalized spacial score (nSPS) is 18.6. The number of hydrogen-bond donors (Lipinski definition) is 1. The Morgan fingerprint density at radius 1 is 1.03 bits per heavy atom. The molecule has 30 heavy (non-hydrogen) atoms. The van der Waals surface area contributed by atoms with Gasteiger partial charge in [0.15, 0.2) is 5.11 Å². The van der Waals surface area contributed by atoms with Gasteiger partial charge >= 0.3 is 0 Å². The van der Waals surface area contributed by atoms with Gasteiger partial charge in [-0.1, -0.05) is 18.2 Å². The van der Waals surface area contributed by atoms with Gasteiger partial charge in [-0.15, -0.1) is 0 Å². The largest absolute Gasteiger partial charge is 0.467 e. The summed E-state index contributed by atoms with van der Waals surface area (Å²) in [5, 5.41) is 3.83. The summed E-state index contributed by atoms with van der Waals surface area (Å²) in [7, 11) is 0. The number of aromatic nitrogens is 2. The maximum atomic E-state index is 14.8. The highest BCUT2D eigenvalue weighted by molar-refractivity contribution is 7.80. The molecule has 5 nitrogen and oxygen atoms in total. The molecule has 0 aliphatic carbocycles. The molecule has 1 saturated heterocycles. The van der Waals surface area contributed by atoms with Gasteiger partial charge in [-0.2, -0.15) is 0 Å². The van der Waals surface area contributed by atoms with E-state index in [-0.39, 0.29) is 17.9 Å². The fraction of sp³-hybridized carbons (Fsp3) is 0.130. The molecule has 0 unspecified atom stereocenters. The monoisotopic (exact) mass is 418 g/mol. The zero-order valence-corrected chi connectivity index (χ0v) is 16.8. The summed E-state index contributed by atoms with van der Waals surface area (Å²) in [6, 6.07) is 19.8. The molecule has 1 N–H and O–H groups in total. The van der Waals surface area contributed by atoms with Crippen molar-refractivity contribution in [1.29, 1.82) is 0 Å². The lowest BCUT2D eigenvalue weighted by Crippen LogP contribution is -2.31. The smallest absolute Gasteiger partial charge is 0.174 e.